The van der Waals surface area contributed by atoms with Gasteiger partial charge in [-0.25, -0.2) is 4.79 Å². The number of nitrogens with zero attached hydrogens (tertiary/aromatic N) is 3. The van der Waals surface area contributed by atoms with Gasteiger partial charge in [0.15, 0.2) is 11.5 Å². The number of carbonyl (C=O) groups is 1. The summed E-state index contributed by atoms with van der Waals surface area (Å²) in [6.07, 6.45) is 1.61. The van der Waals surface area contributed by atoms with Crippen LogP contribution in [-0.2, 0) is 11.3 Å². The lowest BCUT2D eigenvalue weighted by atomic mass is 9.97. The summed E-state index contributed by atoms with van der Waals surface area (Å²) in [6, 6.07) is 17.9. The number of ether oxygens (including phenoxy) is 4. The van der Waals surface area contributed by atoms with Crippen LogP contribution in [0.5, 0.6) is 17.2 Å². The van der Waals surface area contributed by atoms with E-state index in [9.17, 15) is 14.4 Å². The summed E-state index contributed by atoms with van der Waals surface area (Å²) in [4.78, 5) is 45.6. The van der Waals surface area contributed by atoms with Crippen LogP contribution < -0.4 is 31.1 Å². The summed E-state index contributed by atoms with van der Waals surface area (Å²) in [7, 11) is 5.65. The van der Waals surface area contributed by atoms with Crippen molar-refractivity contribution in [3.8, 4) is 34.1 Å². The van der Waals surface area contributed by atoms with Gasteiger partial charge in [-0.15, -0.1) is 0 Å². The molecule has 0 saturated heterocycles. The van der Waals surface area contributed by atoms with Gasteiger partial charge in [0.25, 0.3) is 11.1 Å². The van der Waals surface area contributed by atoms with Gasteiger partial charge in [0, 0.05) is 34.6 Å². The first-order valence-corrected chi connectivity index (χ1v) is 12.8. The van der Waals surface area contributed by atoms with Crippen LogP contribution >= 0.6 is 0 Å². The van der Waals surface area contributed by atoms with E-state index in [2.05, 4.69) is 4.98 Å². The van der Waals surface area contributed by atoms with Crippen LogP contribution in [0.3, 0.4) is 0 Å². The first-order chi connectivity index (χ1) is 20.3. The summed E-state index contributed by atoms with van der Waals surface area (Å²) in [5.41, 5.74) is 7.00. The molecule has 0 bridgehead atoms. The lowest BCUT2D eigenvalue weighted by Crippen LogP contribution is -2.32. The number of rotatable bonds is 8. The summed E-state index contributed by atoms with van der Waals surface area (Å²) in [5, 5.41) is 0.330. The Balaban J connectivity index is 2.02. The molecule has 0 radical (unpaired) electrons. The van der Waals surface area contributed by atoms with Crippen molar-refractivity contribution >= 4 is 22.6 Å². The van der Waals surface area contributed by atoms with E-state index >= 15 is 0 Å². The van der Waals surface area contributed by atoms with Crippen LogP contribution in [0.2, 0.25) is 0 Å². The molecule has 5 aromatic rings. The number of carbonyl (C=O) groups excluding carboxylic acids is 1. The van der Waals surface area contributed by atoms with Gasteiger partial charge in [0.05, 0.1) is 40.7 Å². The van der Waals surface area contributed by atoms with Crippen LogP contribution in [0.1, 0.15) is 16.2 Å². The fourth-order valence-electron chi connectivity index (χ4n) is 4.95. The largest absolute Gasteiger partial charge is 0.493 e. The molecule has 0 fully saturated rings. The predicted octanol–water partition coefficient (Wildman–Crippen LogP) is 3.66. The number of methoxy groups -OCH3 is 4. The van der Waals surface area contributed by atoms with Crippen LogP contribution in [0.15, 0.2) is 82.5 Å². The highest BCUT2D eigenvalue weighted by molar-refractivity contribution is 6.07. The average Bonchev–Trinajstić information content (AvgIpc) is 3.02. The highest BCUT2D eigenvalue weighted by Gasteiger charge is 2.28. The molecule has 0 saturated carbocycles. The standard InChI is InChI=1S/C31H28N4O7/c1-39-23-15-18(16-24(40-2)29(23)41-3)26-22-12-13-25(36)34(17-20-7-5-6-14-33-20)27(22)30(37)35(28(26)31(38)42-4)21-10-8-19(32)9-11-21/h5-16H,17,32H2,1-4H3. The third-order valence-electron chi connectivity index (χ3n) is 6.85. The molecular formula is C31H28N4O7. The second-order valence-corrected chi connectivity index (χ2v) is 9.20. The number of anilines is 1. The number of nitrogens with two attached hydrogens (primary N) is 1. The summed E-state index contributed by atoms with van der Waals surface area (Å²) >= 11 is 0. The minimum absolute atomic E-state index is 0.0141. The Labute approximate surface area is 240 Å². The molecule has 11 heteroatoms. The molecule has 5 rings (SSSR count). The van der Waals surface area contributed by atoms with Crippen molar-refractivity contribution in [2.24, 2.45) is 0 Å². The highest BCUT2D eigenvalue weighted by atomic mass is 16.5. The Morgan fingerprint density at radius 1 is 0.881 bits per heavy atom. The molecule has 0 aliphatic carbocycles. The van der Waals surface area contributed by atoms with Gasteiger partial charge in [0.1, 0.15) is 11.2 Å². The van der Waals surface area contributed by atoms with E-state index in [-0.39, 0.29) is 17.8 Å². The smallest absolute Gasteiger partial charge is 0.355 e. The topological polar surface area (TPSA) is 137 Å². The van der Waals surface area contributed by atoms with Crippen LogP contribution in [0.25, 0.3) is 27.7 Å². The molecule has 2 N–H and O–H groups in total. The number of pyridine rings is 3. The molecule has 0 aliphatic heterocycles. The molecule has 0 atom stereocenters. The van der Waals surface area contributed by atoms with Gasteiger partial charge in [-0.3, -0.25) is 23.7 Å². The minimum atomic E-state index is -0.781. The zero-order valence-corrected chi connectivity index (χ0v) is 23.4. The maximum Gasteiger partial charge on any atom is 0.355 e. The maximum absolute atomic E-state index is 14.4. The van der Waals surface area contributed by atoms with Gasteiger partial charge >= 0.3 is 5.97 Å². The third-order valence-corrected chi connectivity index (χ3v) is 6.85. The van der Waals surface area contributed by atoms with Gasteiger partial charge < -0.3 is 24.7 Å². The second-order valence-electron chi connectivity index (χ2n) is 9.20. The van der Waals surface area contributed by atoms with Crippen molar-refractivity contribution in [2.45, 2.75) is 6.54 Å². The zero-order valence-electron chi connectivity index (χ0n) is 23.4. The Morgan fingerprint density at radius 2 is 1.57 bits per heavy atom. The van der Waals surface area contributed by atoms with E-state index in [1.54, 1.807) is 60.8 Å². The summed E-state index contributed by atoms with van der Waals surface area (Å²) in [5.74, 6) is 0.203. The number of benzene rings is 2. The Bertz CT molecular complexity index is 1890. The quantitative estimate of drug-likeness (QED) is 0.220. The highest BCUT2D eigenvalue weighted by Crippen LogP contribution is 2.43. The number of aromatic nitrogens is 3. The van der Waals surface area contributed by atoms with E-state index in [1.165, 1.54) is 49.7 Å². The molecule has 3 aromatic heterocycles. The monoisotopic (exact) mass is 568 g/mol. The Kier molecular flexibility index (Phi) is 7.65. The lowest BCUT2D eigenvalue weighted by molar-refractivity contribution is 0.0591. The van der Waals surface area contributed by atoms with Crippen LogP contribution in [-0.4, -0.2) is 48.5 Å². The lowest BCUT2D eigenvalue weighted by Gasteiger charge is -2.22. The number of hydrogen-bond donors (Lipinski definition) is 1. The molecule has 0 spiro atoms. The minimum Gasteiger partial charge on any atom is -0.493 e. The molecule has 3 heterocycles. The number of nitrogen functional groups attached to an aromatic ring is 1. The van der Waals surface area contributed by atoms with Gasteiger partial charge in [0.2, 0.25) is 5.75 Å². The van der Waals surface area contributed by atoms with E-state index in [0.29, 0.717) is 50.8 Å². The number of fused-ring (bicyclic) bond motifs is 1. The average molecular weight is 569 g/mol. The number of hydrogen-bond acceptors (Lipinski definition) is 9. The van der Waals surface area contributed by atoms with Crippen LogP contribution in [0.4, 0.5) is 5.69 Å². The van der Waals surface area contributed by atoms with Crippen molar-refractivity contribution in [3.05, 3.63) is 105 Å². The zero-order chi connectivity index (χ0) is 30.0. The predicted molar refractivity (Wildman–Crippen MR) is 158 cm³/mol. The molecule has 214 valence electrons. The molecule has 0 amide bonds. The molecule has 0 aliphatic rings. The van der Waals surface area contributed by atoms with E-state index in [4.69, 9.17) is 24.7 Å². The summed E-state index contributed by atoms with van der Waals surface area (Å²) < 4.78 is 24.4. The van der Waals surface area contributed by atoms with Gasteiger partial charge in [-0.1, -0.05) is 6.07 Å². The van der Waals surface area contributed by atoms with E-state index in [0.717, 1.165) is 0 Å². The fraction of sp³-hybridized carbons (Fsp3) is 0.161. The van der Waals surface area contributed by atoms with Crippen molar-refractivity contribution in [3.63, 3.8) is 0 Å². The molecule has 2 aromatic carbocycles. The third kappa shape index (κ3) is 4.81. The van der Waals surface area contributed by atoms with Crippen molar-refractivity contribution < 1.29 is 23.7 Å². The van der Waals surface area contributed by atoms with Crippen molar-refractivity contribution in [2.75, 3.05) is 34.2 Å². The Hall–Kier alpha value is -5.58. The van der Waals surface area contributed by atoms with Crippen molar-refractivity contribution in [1.82, 2.24) is 14.1 Å². The molecular weight excluding hydrogens is 540 g/mol. The van der Waals surface area contributed by atoms with E-state index in [1.807, 2.05) is 0 Å². The maximum atomic E-state index is 14.4. The van der Waals surface area contributed by atoms with Crippen LogP contribution in [0, 0.1) is 0 Å². The van der Waals surface area contributed by atoms with Crippen molar-refractivity contribution in [1.29, 1.82) is 0 Å². The first-order valence-electron chi connectivity index (χ1n) is 12.8. The summed E-state index contributed by atoms with van der Waals surface area (Å²) in [6.45, 7) is 0.0141. The molecule has 11 nitrogen and oxygen atoms in total. The van der Waals surface area contributed by atoms with Gasteiger partial charge in [-0.05, 0) is 60.2 Å². The van der Waals surface area contributed by atoms with E-state index < -0.39 is 17.1 Å². The normalized spacial score (nSPS) is 10.9. The van der Waals surface area contributed by atoms with Gasteiger partial charge in [-0.2, -0.15) is 0 Å². The molecule has 0 unspecified atom stereocenters. The number of esters is 1. The molecule has 42 heavy (non-hydrogen) atoms. The fourth-order valence-corrected chi connectivity index (χ4v) is 4.95. The Morgan fingerprint density at radius 3 is 2.14 bits per heavy atom. The SMILES string of the molecule is COC(=O)c1c(-c2cc(OC)c(OC)c(OC)c2)c2ccc(=O)n(Cc3ccccn3)c2c(=O)n1-c1ccc(N)cc1. The first kappa shape index (κ1) is 28.0. The second kappa shape index (κ2) is 11.5.